The highest BCUT2D eigenvalue weighted by Crippen LogP contribution is 2.13. The molecule has 1 fully saturated rings. The molecule has 0 aromatic heterocycles. The fraction of sp³-hybridized carbons (Fsp3) is 0.533. The molecule has 0 radical (unpaired) electrons. The van der Waals surface area contributed by atoms with Crippen LogP contribution in [0.25, 0.3) is 0 Å². The van der Waals surface area contributed by atoms with Gasteiger partial charge in [0.2, 0.25) is 5.91 Å². The molecule has 2 atom stereocenters. The zero-order chi connectivity index (χ0) is 15.3. The van der Waals surface area contributed by atoms with Gasteiger partial charge in [0.1, 0.15) is 0 Å². The first-order valence-corrected chi connectivity index (χ1v) is 8.99. The highest BCUT2D eigenvalue weighted by atomic mass is 32.2. The Hall–Kier alpha value is -1.40. The molecule has 1 saturated heterocycles. The lowest BCUT2D eigenvalue weighted by atomic mass is 10.2. The fourth-order valence-electron chi connectivity index (χ4n) is 2.46. The molecule has 0 saturated carbocycles. The summed E-state index contributed by atoms with van der Waals surface area (Å²) in [5.41, 5.74) is 0. The molecule has 0 bridgehead atoms. The number of hydrogen-bond donors (Lipinski definition) is 2. The van der Waals surface area contributed by atoms with E-state index in [1.807, 2.05) is 6.92 Å². The van der Waals surface area contributed by atoms with Crippen LogP contribution in [0.4, 0.5) is 0 Å². The molecular formula is C15H22N2O3S. The van der Waals surface area contributed by atoms with Crippen LogP contribution in [-0.2, 0) is 14.6 Å². The van der Waals surface area contributed by atoms with Gasteiger partial charge >= 0.3 is 0 Å². The number of rotatable bonds is 6. The molecular weight excluding hydrogens is 288 g/mol. The monoisotopic (exact) mass is 310 g/mol. The minimum absolute atomic E-state index is 0.0635. The summed E-state index contributed by atoms with van der Waals surface area (Å²) in [5, 5.41) is 5.97. The number of carbonyl (C=O) groups is 1. The van der Waals surface area contributed by atoms with Crippen molar-refractivity contribution in [3.63, 3.8) is 0 Å². The summed E-state index contributed by atoms with van der Waals surface area (Å²) in [5.74, 6) is -0.158. The molecule has 2 rings (SSSR count). The van der Waals surface area contributed by atoms with Crippen LogP contribution in [0.1, 0.15) is 26.2 Å². The van der Waals surface area contributed by atoms with Gasteiger partial charge < -0.3 is 10.6 Å². The second-order valence-corrected chi connectivity index (χ2v) is 7.39. The van der Waals surface area contributed by atoms with Gasteiger partial charge in [-0.3, -0.25) is 4.79 Å². The van der Waals surface area contributed by atoms with Crippen LogP contribution >= 0.6 is 0 Å². The summed E-state index contributed by atoms with van der Waals surface area (Å²) >= 11 is 0. The van der Waals surface area contributed by atoms with E-state index >= 15 is 0 Å². The number of benzene rings is 1. The van der Waals surface area contributed by atoms with Gasteiger partial charge in [-0.1, -0.05) is 25.1 Å². The van der Waals surface area contributed by atoms with Crippen molar-refractivity contribution in [2.75, 3.05) is 12.3 Å². The zero-order valence-electron chi connectivity index (χ0n) is 12.2. The van der Waals surface area contributed by atoms with Crippen LogP contribution in [0, 0.1) is 0 Å². The van der Waals surface area contributed by atoms with Gasteiger partial charge in [0.25, 0.3) is 0 Å². The van der Waals surface area contributed by atoms with Crippen LogP contribution in [0.15, 0.2) is 35.2 Å². The van der Waals surface area contributed by atoms with Crippen LogP contribution in [-0.4, -0.2) is 38.7 Å². The predicted molar refractivity (Wildman–Crippen MR) is 81.7 cm³/mol. The molecule has 5 nitrogen and oxygen atoms in total. The largest absolute Gasteiger partial charge is 0.351 e. The van der Waals surface area contributed by atoms with Crippen LogP contribution in [0.5, 0.6) is 0 Å². The maximum Gasteiger partial charge on any atom is 0.237 e. The molecule has 116 valence electrons. The molecule has 1 aromatic carbocycles. The Kier molecular flexibility index (Phi) is 5.36. The molecule has 0 aliphatic carbocycles. The van der Waals surface area contributed by atoms with E-state index in [1.165, 1.54) is 0 Å². The summed E-state index contributed by atoms with van der Waals surface area (Å²) in [6.45, 7) is 2.73. The zero-order valence-corrected chi connectivity index (χ0v) is 13.0. The molecule has 6 heteroatoms. The van der Waals surface area contributed by atoms with Gasteiger partial charge in [-0.15, -0.1) is 0 Å². The molecule has 1 aliphatic rings. The Morgan fingerprint density at radius 3 is 2.67 bits per heavy atom. The molecule has 21 heavy (non-hydrogen) atoms. The van der Waals surface area contributed by atoms with Gasteiger partial charge in [-0.25, -0.2) is 8.42 Å². The normalized spacial score (nSPS) is 20.1. The van der Waals surface area contributed by atoms with E-state index in [0.717, 1.165) is 19.4 Å². The quantitative estimate of drug-likeness (QED) is 0.825. The van der Waals surface area contributed by atoms with Crippen molar-refractivity contribution >= 4 is 15.7 Å². The van der Waals surface area contributed by atoms with E-state index in [4.69, 9.17) is 0 Å². The van der Waals surface area contributed by atoms with Crippen molar-refractivity contribution in [2.24, 2.45) is 0 Å². The second-order valence-electron chi connectivity index (χ2n) is 5.36. The number of amides is 1. The van der Waals surface area contributed by atoms with E-state index in [-0.39, 0.29) is 23.7 Å². The third kappa shape index (κ3) is 4.28. The van der Waals surface area contributed by atoms with E-state index in [1.54, 1.807) is 30.3 Å². The van der Waals surface area contributed by atoms with E-state index in [2.05, 4.69) is 10.6 Å². The average Bonchev–Trinajstić information content (AvgIpc) is 3.01. The first-order valence-electron chi connectivity index (χ1n) is 7.34. The lowest BCUT2D eigenvalue weighted by Gasteiger charge is -2.19. The molecule has 1 amide bonds. The van der Waals surface area contributed by atoms with Crippen molar-refractivity contribution in [3.05, 3.63) is 30.3 Å². The number of hydrogen-bond acceptors (Lipinski definition) is 4. The Bertz CT molecular complexity index is 566. The van der Waals surface area contributed by atoms with Gasteiger partial charge in [0, 0.05) is 6.04 Å². The Balaban J connectivity index is 2.00. The van der Waals surface area contributed by atoms with Crippen molar-refractivity contribution in [2.45, 2.75) is 43.2 Å². The molecule has 2 N–H and O–H groups in total. The van der Waals surface area contributed by atoms with Gasteiger partial charge in [0.05, 0.1) is 16.7 Å². The first-order chi connectivity index (χ1) is 10.0. The molecule has 0 spiro atoms. The smallest absolute Gasteiger partial charge is 0.237 e. The SMILES string of the molecule is CCC(CS(=O)(=O)c1ccccc1)NC(=O)C1CCCN1. The van der Waals surface area contributed by atoms with Gasteiger partial charge in [-0.2, -0.15) is 0 Å². The summed E-state index contributed by atoms with van der Waals surface area (Å²) in [6.07, 6.45) is 2.38. The second kappa shape index (κ2) is 7.04. The predicted octanol–water partition coefficient (Wildman–Crippen LogP) is 1.11. The summed E-state index contributed by atoms with van der Waals surface area (Å²) in [4.78, 5) is 12.4. The summed E-state index contributed by atoms with van der Waals surface area (Å²) in [7, 11) is -3.38. The number of sulfone groups is 1. The number of nitrogens with one attached hydrogen (secondary N) is 2. The molecule has 1 aromatic rings. The Morgan fingerprint density at radius 2 is 2.10 bits per heavy atom. The summed E-state index contributed by atoms with van der Waals surface area (Å²) < 4.78 is 24.7. The van der Waals surface area contributed by atoms with E-state index in [9.17, 15) is 13.2 Å². The summed E-state index contributed by atoms with van der Waals surface area (Å²) in [6, 6.07) is 7.82. The van der Waals surface area contributed by atoms with Crippen molar-refractivity contribution in [3.8, 4) is 0 Å². The Labute approximate surface area is 126 Å². The highest BCUT2D eigenvalue weighted by Gasteiger charge is 2.26. The Morgan fingerprint density at radius 1 is 1.38 bits per heavy atom. The molecule has 1 heterocycles. The highest BCUT2D eigenvalue weighted by molar-refractivity contribution is 7.91. The van der Waals surface area contributed by atoms with E-state index in [0.29, 0.717) is 11.3 Å². The van der Waals surface area contributed by atoms with E-state index < -0.39 is 9.84 Å². The third-order valence-corrected chi connectivity index (χ3v) is 5.57. The third-order valence-electron chi connectivity index (χ3n) is 3.74. The average molecular weight is 310 g/mol. The topological polar surface area (TPSA) is 75.3 Å². The minimum Gasteiger partial charge on any atom is -0.351 e. The number of carbonyl (C=O) groups excluding carboxylic acids is 1. The lowest BCUT2D eigenvalue weighted by molar-refractivity contribution is -0.123. The maximum atomic E-state index is 12.3. The fourth-order valence-corrected chi connectivity index (χ4v) is 4.07. The molecule has 1 aliphatic heterocycles. The standard InChI is InChI=1S/C15H22N2O3S/c1-2-12(17-15(18)14-9-6-10-16-14)11-21(19,20)13-7-4-3-5-8-13/h3-5,7-8,12,14,16H,2,6,9-11H2,1H3,(H,17,18). The van der Waals surface area contributed by atoms with Crippen molar-refractivity contribution < 1.29 is 13.2 Å². The van der Waals surface area contributed by atoms with Crippen LogP contribution in [0.2, 0.25) is 0 Å². The van der Waals surface area contributed by atoms with Crippen LogP contribution < -0.4 is 10.6 Å². The molecule has 2 unspecified atom stereocenters. The van der Waals surface area contributed by atoms with Crippen LogP contribution in [0.3, 0.4) is 0 Å². The van der Waals surface area contributed by atoms with Gasteiger partial charge in [-0.05, 0) is 37.9 Å². The maximum absolute atomic E-state index is 12.3. The van der Waals surface area contributed by atoms with Gasteiger partial charge in [0.15, 0.2) is 9.84 Å². The minimum atomic E-state index is -3.38. The first kappa shape index (κ1) is 16.0. The lowest BCUT2D eigenvalue weighted by Crippen LogP contribution is -2.47. The van der Waals surface area contributed by atoms with Crippen molar-refractivity contribution in [1.82, 2.24) is 10.6 Å². The van der Waals surface area contributed by atoms with Crippen molar-refractivity contribution in [1.29, 1.82) is 0 Å².